The van der Waals surface area contributed by atoms with Gasteiger partial charge in [0.05, 0.1) is 7.11 Å². The molecule has 0 radical (unpaired) electrons. The molecule has 0 bridgehead atoms. The molecule has 4 N–H and O–H groups in total. The van der Waals surface area contributed by atoms with Crippen LogP contribution >= 0.6 is 0 Å². The second-order valence-electron chi connectivity index (χ2n) is 5.37. The number of carbonyl (C=O) groups excluding carboxylic acids is 2. The number of ether oxygens (including phenoxy) is 2. The lowest BCUT2D eigenvalue weighted by Crippen LogP contribution is -2.31. The van der Waals surface area contributed by atoms with E-state index in [9.17, 15) is 9.59 Å². The average molecular weight is 343 g/mol. The van der Waals surface area contributed by atoms with E-state index in [-0.39, 0.29) is 12.5 Å². The highest BCUT2D eigenvalue weighted by Gasteiger charge is 2.13. The lowest BCUT2D eigenvalue weighted by Gasteiger charge is -2.16. The van der Waals surface area contributed by atoms with Crippen molar-refractivity contribution < 1.29 is 19.1 Å². The smallest absolute Gasteiger partial charge is 0.255 e. The monoisotopic (exact) mass is 343 g/mol. The predicted octanol–water partition coefficient (Wildman–Crippen LogP) is 2.00. The van der Waals surface area contributed by atoms with Crippen LogP contribution in [0.4, 0.5) is 11.4 Å². The van der Waals surface area contributed by atoms with Gasteiger partial charge in [0.15, 0.2) is 6.61 Å². The number of primary amides is 1. The molecule has 1 unspecified atom stereocenters. The summed E-state index contributed by atoms with van der Waals surface area (Å²) in [5, 5.41) is 5.90. The summed E-state index contributed by atoms with van der Waals surface area (Å²) >= 11 is 0. The van der Waals surface area contributed by atoms with Gasteiger partial charge in [-0.1, -0.05) is 6.07 Å². The van der Waals surface area contributed by atoms with Gasteiger partial charge in [-0.25, -0.2) is 0 Å². The molecule has 2 amide bonds. The molecule has 132 valence electrons. The van der Waals surface area contributed by atoms with Crippen LogP contribution in [0, 0.1) is 0 Å². The first kappa shape index (κ1) is 18.1. The maximum Gasteiger partial charge on any atom is 0.255 e. The van der Waals surface area contributed by atoms with Crippen molar-refractivity contribution in [3.63, 3.8) is 0 Å². The standard InChI is InChI=1S/C18H21N3O4/c1-12(18(23)21-13-6-8-15(24-2)9-7-13)20-14-4-3-5-16(10-14)25-11-17(19)22/h3-10,12,20H,11H2,1-2H3,(H2,19,22)(H,21,23). The number of hydrogen-bond donors (Lipinski definition) is 3. The second-order valence-corrected chi connectivity index (χ2v) is 5.37. The SMILES string of the molecule is COc1ccc(NC(=O)C(C)Nc2cccc(OCC(N)=O)c2)cc1. The van der Waals surface area contributed by atoms with E-state index in [1.54, 1.807) is 62.6 Å². The third-order valence-electron chi connectivity index (χ3n) is 3.35. The Balaban J connectivity index is 1.93. The van der Waals surface area contributed by atoms with Crippen molar-refractivity contribution in [1.82, 2.24) is 0 Å². The van der Waals surface area contributed by atoms with Gasteiger partial charge in [0, 0.05) is 17.4 Å². The van der Waals surface area contributed by atoms with E-state index in [2.05, 4.69) is 10.6 Å². The molecule has 2 rings (SSSR count). The number of hydrogen-bond acceptors (Lipinski definition) is 5. The second kappa shape index (κ2) is 8.58. The Hall–Kier alpha value is -3.22. The lowest BCUT2D eigenvalue weighted by atomic mass is 10.2. The number of anilines is 2. The highest BCUT2D eigenvalue weighted by molar-refractivity contribution is 5.96. The van der Waals surface area contributed by atoms with Gasteiger partial charge in [-0.3, -0.25) is 9.59 Å². The van der Waals surface area contributed by atoms with E-state index in [4.69, 9.17) is 15.2 Å². The molecule has 25 heavy (non-hydrogen) atoms. The Morgan fingerprint density at radius 3 is 2.44 bits per heavy atom. The molecule has 0 heterocycles. The predicted molar refractivity (Wildman–Crippen MR) is 95.8 cm³/mol. The molecule has 0 saturated heterocycles. The van der Waals surface area contributed by atoms with E-state index in [0.29, 0.717) is 17.1 Å². The molecule has 0 spiro atoms. The van der Waals surface area contributed by atoms with Gasteiger partial charge in [0.1, 0.15) is 17.5 Å². The molecule has 0 aromatic heterocycles. The summed E-state index contributed by atoms with van der Waals surface area (Å²) in [6, 6.07) is 13.6. The fraction of sp³-hybridized carbons (Fsp3) is 0.222. The van der Waals surface area contributed by atoms with Crippen molar-refractivity contribution in [3.05, 3.63) is 48.5 Å². The zero-order chi connectivity index (χ0) is 18.2. The number of methoxy groups -OCH3 is 1. The summed E-state index contributed by atoms with van der Waals surface area (Å²) in [5.41, 5.74) is 6.42. The molecule has 2 aromatic carbocycles. The molecule has 0 aliphatic rings. The molecule has 1 atom stereocenters. The van der Waals surface area contributed by atoms with Gasteiger partial charge in [-0.05, 0) is 43.3 Å². The van der Waals surface area contributed by atoms with Crippen LogP contribution in [-0.4, -0.2) is 31.6 Å². The van der Waals surface area contributed by atoms with Crippen LogP contribution in [0.1, 0.15) is 6.92 Å². The normalized spacial score (nSPS) is 11.3. The number of benzene rings is 2. The number of nitrogens with two attached hydrogens (primary N) is 1. The van der Waals surface area contributed by atoms with Crippen LogP contribution in [0.25, 0.3) is 0 Å². The number of rotatable bonds is 8. The van der Waals surface area contributed by atoms with E-state index >= 15 is 0 Å². The first-order valence-electron chi connectivity index (χ1n) is 7.70. The summed E-state index contributed by atoms with van der Waals surface area (Å²) < 4.78 is 10.3. The van der Waals surface area contributed by atoms with Crippen LogP contribution < -0.4 is 25.8 Å². The molecule has 7 nitrogen and oxygen atoms in total. The summed E-state index contributed by atoms with van der Waals surface area (Å²) in [6.45, 7) is 1.55. The maximum atomic E-state index is 12.3. The van der Waals surface area contributed by atoms with E-state index in [0.717, 1.165) is 5.75 Å². The van der Waals surface area contributed by atoms with Gasteiger partial charge >= 0.3 is 0 Å². The van der Waals surface area contributed by atoms with Crippen molar-refractivity contribution in [2.45, 2.75) is 13.0 Å². The number of carbonyl (C=O) groups is 2. The summed E-state index contributed by atoms with van der Waals surface area (Å²) in [7, 11) is 1.58. The molecular formula is C18H21N3O4. The maximum absolute atomic E-state index is 12.3. The largest absolute Gasteiger partial charge is 0.497 e. The van der Waals surface area contributed by atoms with E-state index < -0.39 is 11.9 Å². The third kappa shape index (κ3) is 5.72. The van der Waals surface area contributed by atoms with Gasteiger partial charge in [-0.2, -0.15) is 0 Å². The van der Waals surface area contributed by atoms with Crippen molar-refractivity contribution in [3.8, 4) is 11.5 Å². The van der Waals surface area contributed by atoms with Crippen LogP contribution in [0.3, 0.4) is 0 Å². The Bertz CT molecular complexity index is 731. The van der Waals surface area contributed by atoms with Gasteiger partial charge in [0.25, 0.3) is 5.91 Å². The minimum atomic E-state index is -0.550. The highest BCUT2D eigenvalue weighted by atomic mass is 16.5. The third-order valence-corrected chi connectivity index (χ3v) is 3.35. The number of nitrogens with one attached hydrogen (secondary N) is 2. The average Bonchev–Trinajstić information content (AvgIpc) is 2.61. The molecule has 7 heteroatoms. The summed E-state index contributed by atoms with van der Waals surface area (Å²) in [4.78, 5) is 23.0. The van der Waals surface area contributed by atoms with Crippen LogP contribution in [-0.2, 0) is 9.59 Å². The van der Waals surface area contributed by atoms with Crippen LogP contribution in [0.2, 0.25) is 0 Å². The van der Waals surface area contributed by atoms with Gasteiger partial charge in [-0.15, -0.1) is 0 Å². The van der Waals surface area contributed by atoms with Crippen molar-refractivity contribution >= 4 is 23.2 Å². The Labute approximate surface area is 146 Å². The van der Waals surface area contributed by atoms with Crippen molar-refractivity contribution in [2.24, 2.45) is 5.73 Å². The fourth-order valence-corrected chi connectivity index (χ4v) is 2.07. The minimum absolute atomic E-state index is 0.186. The van der Waals surface area contributed by atoms with E-state index in [1.807, 2.05) is 0 Å². The molecule has 0 aliphatic heterocycles. The molecule has 0 saturated carbocycles. The quantitative estimate of drug-likeness (QED) is 0.680. The first-order valence-corrected chi connectivity index (χ1v) is 7.70. The topological polar surface area (TPSA) is 103 Å². The Kier molecular flexibility index (Phi) is 6.22. The lowest BCUT2D eigenvalue weighted by molar-refractivity contribution is -0.120. The zero-order valence-corrected chi connectivity index (χ0v) is 14.1. The Morgan fingerprint density at radius 1 is 1.08 bits per heavy atom. The first-order chi connectivity index (χ1) is 12.0. The fourth-order valence-electron chi connectivity index (χ4n) is 2.07. The van der Waals surface area contributed by atoms with E-state index in [1.165, 1.54) is 0 Å². The molecule has 0 fully saturated rings. The van der Waals surface area contributed by atoms with Crippen LogP contribution in [0.15, 0.2) is 48.5 Å². The Morgan fingerprint density at radius 2 is 1.80 bits per heavy atom. The number of amides is 2. The molecular weight excluding hydrogens is 322 g/mol. The summed E-state index contributed by atoms with van der Waals surface area (Å²) in [5.74, 6) is 0.475. The molecule has 2 aromatic rings. The van der Waals surface area contributed by atoms with Crippen molar-refractivity contribution in [1.29, 1.82) is 0 Å². The van der Waals surface area contributed by atoms with Crippen molar-refractivity contribution in [2.75, 3.05) is 24.4 Å². The summed E-state index contributed by atoms with van der Waals surface area (Å²) in [6.07, 6.45) is 0. The highest BCUT2D eigenvalue weighted by Crippen LogP contribution is 2.19. The van der Waals surface area contributed by atoms with Gasteiger partial charge in [0.2, 0.25) is 5.91 Å². The minimum Gasteiger partial charge on any atom is -0.497 e. The van der Waals surface area contributed by atoms with Crippen LogP contribution in [0.5, 0.6) is 11.5 Å². The molecule has 0 aliphatic carbocycles. The van der Waals surface area contributed by atoms with Gasteiger partial charge < -0.3 is 25.8 Å². The zero-order valence-electron chi connectivity index (χ0n) is 14.1.